The van der Waals surface area contributed by atoms with E-state index in [2.05, 4.69) is 10.6 Å². The zero-order valence-corrected chi connectivity index (χ0v) is 15.3. The summed E-state index contributed by atoms with van der Waals surface area (Å²) in [5, 5.41) is 7.00. The Morgan fingerprint density at radius 3 is 2.44 bits per heavy atom. The molecule has 0 aromatic heterocycles. The van der Waals surface area contributed by atoms with Crippen LogP contribution in [0.25, 0.3) is 0 Å². The van der Waals surface area contributed by atoms with Gasteiger partial charge in [-0.1, -0.05) is 11.6 Å². The van der Waals surface area contributed by atoms with Crippen molar-refractivity contribution in [1.29, 1.82) is 0 Å². The number of methoxy groups -OCH3 is 2. The maximum absolute atomic E-state index is 6.17. The number of nitrogens with one attached hydrogen (secondary N) is 2. The van der Waals surface area contributed by atoms with E-state index < -0.39 is 0 Å². The summed E-state index contributed by atoms with van der Waals surface area (Å²) in [6.07, 6.45) is 0. The fraction of sp³-hybridized carbons (Fsp3) is 0.235. The predicted octanol–water partition coefficient (Wildman–Crippen LogP) is 3.94. The second-order valence-corrected chi connectivity index (χ2v) is 5.94. The van der Waals surface area contributed by atoms with Crippen molar-refractivity contribution in [3.05, 3.63) is 35.4 Å². The third kappa shape index (κ3) is 4.00. The van der Waals surface area contributed by atoms with Crippen LogP contribution >= 0.6 is 23.8 Å². The van der Waals surface area contributed by atoms with E-state index in [-0.39, 0.29) is 0 Å². The highest BCUT2D eigenvalue weighted by Crippen LogP contribution is 2.36. The van der Waals surface area contributed by atoms with E-state index in [1.54, 1.807) is 26.4 Å². The van der Waals surface area contributed by atoms with E-state index in [0.717, 1.165) is 11.4 Å². The first-order valence-corrected chi connectivity index (χ1v) is 8.28. The molecule has 0 spiro atoms. The topological polar surface area (TPSA) is 61.0 Å². The molecule has 0 aliphatic carbocycles. The van der Waals surface area contributed by atoms with Crippen LogP contribution in [0.3, 0.4) is 0 Å². The third-order valence-corrected chi connectivity index (χ3v) is 4.02. The number of hydrogen-bond donors (Lipinski definition) is 2. The number of hydrogen-bond acceptors (Lipinski definition) is 5. The molecule has 0 radical (unpaired) electrons. The van der Waals surface area contributed by atoms with E-state index in [0.29, 0.717) is 46.3 Å². The molecule has 0 amide bonds. The number of halogens is 1. The van der Waals surface area contributed by atoms with Gasteiger partial charge in [0, 0.05) is 17.8 Å². The lowest BCUT2D eigenvalue weighted by Gasteiger charge is -2.20. The minimum absolute atomic E-state index is 0.385. The molecule has 2 aromatic rings. The Balaban J connectivity index is 1.73. The van der Waals surface area contributed by atoms with Gasteiger partial charge in [0.25, 0.3) is 0 Å². The van der Waals surface area contributed by atoms with E-state index in [1.807, 2.05) is 18.2 Å². The molecule has 8 heteroatoms. The quantitative estimate of drug-likeness (QED) is 0.779. The molecule has 6 nitrogen and oxygen atoms in total. The Hall–Kier alpha value is -2.38. The maximum Gasteiger partial charge on any atom is 0.175 e. The van der Waals surface area contributed by atoms with Crippen LogP contribution in [0.4, 0.5) is 11.4 Å². The van der Waals surface area contributed by atoms with Crippen LogP contribution in [0.2, 0.25) is 5.02 Å². The number of ether oxygens (including phenoxy) is 4. The fourth-order valence-electron chi connectivity index (χ4n) is 2.36. The van der Waals surface area contributed by atoms with Crippen LogP contribution in [0.5, 0.6) is 23.0 Å². The van der Waals surface area contributed by atoms with Gasteiger partial charge in [0.1, 0.15) is 24.7 Å². The molecule has 0 fully saturated rings. The minimum Gasteiger partial charge on any atom is -0.495 e. The largest absolute Gasteiger partial charge is 0.495 e. The van der Waals surface area contributed by atoms with Crippen molar-refractivity contribution in [2.75, 3.05) is 38.1 Å². The summed E-state index contributed by atoms with van der Waals surface area (Å²) in [7, 11) is 3.10. The van der Waals surface area contributed by atoms with E-state index in [1.165, 1.54) is 0 Å². The normalized spacial score (nSPS) is 12.3. The second kappa shape index (κ2) is 7.67. The van der Waals surface area contributed by atoms with Gasteiger partial charge >= 0.3 is 0 Å². The zero-order chi connectivity index (χ0) is 17.8. The molecule has 0 saturated heterocycles. The number of anilines is 2. The summed E-state index contributed by atoms with van der Waals surface area (Å²) in [6.45, 7) is 1.08. The van der Waals surface area contributed by atoms with E-state index >= 15 is 0 Å². The summed E-state index contributed by atoms with van der Waals surface area (Å²) in [5.41, 5.74) is 1.41. The minimum atomic E-state index is 0.385. The predicted molar refractivity (Wildman–Crippen MR) is 102 cm³/mol. The molecule has 132 valence electrons. The highest BCUT2D eigenvalue weighted by molar-refractivity contribution is 7.80. The summed E-state index contributed by atoms with van der Waals surface area (Å²) in [5.74, 6) is 2.49. The van der Waals surface area contributed by atoms with Crippen LogP contribution in [0.15, 0.2) is 30.3 Å². The molecule has 25 heavy (non-hydrogen) atoms. The van der Waals surface area contributed by atoms with Gasteiger partial charge < -0.3 is 29.6 Å². The summed E-state index contributed by atoms with van der Waals surface area (Å²) < 4.78 is 21.6. The van der Waals surface area contributed by atoms with Crippen LogP contribution < -0.4 is 29.6 Å². The second-order valence-electron chi connectivity index (χ2n) is 5.12. The number of rotatable bonds is 4. The highest BCUT2D eigenvalue weighted by Gasteiger charge is 2.14. The van der Waals surface area contributed by atoms with Gasteiger partial charge in [-0.3, -0.25) is 0 Å². The number of fused-ring (bicyclic) bond motifs is 1. The van der Waals surface area contributed by atoms with Gasteiger partial charge in [-0.2, -0.15) is 0 Å². The molecular formula is C17H17ClN2O4S. The molecule has 0 bridgehead atoms. The van der Waals surface area contributed by atoms with E-state index in [4.69, 9.17) is 42.8 Å². The molecule has 0 atom stereocenters. The Morgan fingerprint density at radius 1 is 1.00 bits per heavy atom. The van der Waals surface area contributed by atoms with Gasteiger partial charge in [-0.05, 0) is 30.4 Å². The monoisotopic (exact) mass is 380 g/mol. The number of thiocarbonyl (C=S) groups is 1. The molecular weight excluding hydrogens is 364 g/mol. The van der Waals surface area contributed by atoms with Crippen LogP contribution in [0.1, 0.15) is 0 Å². The van der Waals surface area contributed by atoms with Crippen molar-refractivity contribution >= 4 is 40.3 Å². The van der Waals surface area contributed by atoms with Gasteiger partial charge in [-0.25, -0.2) is 0 Å². The van der Waals surface area contributed by atoms with Gasteiger partial charge in [0.2, 0.25) is 0 Å². The van der Waals surface area contributed by atoms with Gasteiger partial charge in [0.05, 0.1) is 24.9 Å². The van der Waals surface area contributed by atoms with Crippen molar-refractivity contribution in [2.45, 2.75) is 0 Å². The lowest BCUT2D eigenvalue weighted by Crippen LogP contribution is -2.20. The zero-order valence-electron chi connectivity index (χ0n) is 13.7. The van der Waals surface area contributed by atoms with Crippen molar-refractivity contribution in [2.24, 2.45) is 0 Å². The molecule has 0 unspecified atom stereocenters. The van der Waals surface area contributed by atoms with Gasteiger partial charge in [0.15, 0.2) is 16.6 Å². The highest BCUT2D eigenvalue weighted by atomic mass is 35.5. The van der Waals surface area contributed by atoms with Crippen molar-refractivity contribution in [3.63, 3.8) is 0 Å². The Bertz CT molecular complexity index is 800. The standard InChI is InChI=1S/C17H17ClN2O4S/c1-21-14-9-15(22-2)12(8-11(14)18)20-17(25)19-10-3-4-13-16(7-10)24-6-5-23-13/h3-4,7-9H,5-6H2,1-2H3,(H2,19,20,25). The molecule has 0 saturated carbocycles. The van der Waals surface area contributed by atoms with Gasteiger partial charge in [-0.15, -0.1) is 0 Å². The smallest absolute Gasteiger partial charge is 0.175 e. The molecule has 1 aliphatic heterocycles. The van der Waals surface area contributed by atoms with E-state index in [9.17, 15) is 0 Å². The SMILES string of the molecule is COc1cc(OC)c(NC(=S)Nc2ccc3c(c2)OCCO3)cc1Cl. The summed E-state index contributed by atoms with van der Waals surface area (Å²) in [6, 6.07) is 8.92. The first-order valence-electron chi connectivity index (χ1n) is 7.50. The maximum atomic E-state index is 6.17. The molecule has 1 aliphatic rings. The Kier molecular flexibility index (Phi) is 5.35. The molecule has 2 N–H and O–H groups in total. The third-order valence-electron chi connectivity index (χ3n) is 3.52. The van der Waals surface area contributed by atoms with Crippen molar-refractivity contribution in [1.82, 2.24) is 0 Å². The Labute approximate surface area is 156 Å². The molecule has 2 aromatic carbocycles. The summed E-state index contributed by atoms with van der Waals surface area (Å²) >= 11 is 11.5. The van der Waals surface area contributed by atoms with Crippen LogP contribution in [-0.2, 0) is 0 Å². The first-order chi connectivity index (χ1) is 12.1. The van der Waals surface area contributed by atoms with Crippen molar-refractivity contribution in [3.8, 4) is 23.0 Å². The lowest BCUT2D eigenvalue weighted by molar-refractivity contribution is 0.171. The average molecular weight is 381 g/mol. The average Bonchev–Trinajstić information content (AvgIpc) is 2.62. The molecule has 1 heterocycles. The van der Waals surface area contributed by atoms with Crippen molar-refractivity contribution < 1.29 is 18.9 Å². The number of benzene rings is 2. The fourth-order valence-corrected chi connectivity index (χ4v) is 2.83. The first kappa shape index (κ1) is 17.4. The summed E-state index contributed by atoms with van der Waals surface area (Å²) in [4.78, 5) is 0. The molecule has 3 rings (SSSR count). The van der Waals surface area contributed by atoms with Crippen LogP contribution in [0, 0.1) is 0 Å². The van der Waals surface area contributed by atoms with Crippen LogP contribution in [-0.4, -0.2) is 32.5 Å². The Morgan fingerprint density at radius 2 is 1.72 bits per heavy atom. The lowest BCUT2D eigenvalue weighted by atomic mass is 10.2.